The molecule has 2 nitrogen and oxygen atoms in total. The van der Waals surface area contributed by atoms with Gasteiger partial charge in [0.25, 0.3) is 0 Å². The third kappa shape index (κ3) is 2.48. The second-order valence-corrected chi connectivity index (χ2v) is 5.14. The van der Waals surface area contributed by atoms with Gasteiger partial charge in [-0.05, 0) is 24.1 Å². The highest BCUT2D eigenvalue weighted by atomic mass is 35.5. The summed E-state index contributed by atoms with van der Waals surface area (Å²) in [7, 11) is 0. The van der Waals surface area contributed by atoms with E-state index in [2.05, 4.69) is 4.98 Å². The summed E-state index contributed by atoms with van der Waals surface area (Å²) >= 11 is 12.7. The molecule has 0 bridgehead atoms. The molecule has 1 N–H and O–H groups in total. The summed E-state index contributed by atoms with van der Waals surface area (Å²) < 4.78 is 0. The van der Waals surface area contributed by atoms with Crippen LogP contribution in [0.25, 0.3) is 11.3 Å². The Hall–Kier alpha value is -0.770. The van der Waals surface area contributed by atoms with Gasteiger partial charge < -0.3 is 4.98 Å². The van der Waals surface area contributed by atoms with Gasteiger partial charge in [-0.15, -0.1) is 11.6 Å². The van der Waals surface area contributed by atoms with E-state index in [-0.39, 0.29) is 4.87 Å². The molecule has 0 aliphatic rings. The zero-order valence-corrected chi connectivity index (χ0v) is 10.6. The lowest BCUT2D eigenvalue weighted by molar-refractivity contribution is 1.17. The summed E-state index contributed by atoms with van der Waals surface area (Å²) in [4.78, 5) is 15.1. The second-order valence-electron chi connectivity index (χ2n) is 3.26. The molecule has 0 atom stereocenters. The lowest BCUT2D eigenvalue weighted by Crippen LogP contribution is -1.92. The van der Waals surface area contributed by atoms with Crippen LogP contribution in [-0.2, 0) is 6.42 Å². The van der Waals surface area contributed by atoms with E-state index in [9.17, 15) is 4.79 Å². The lowest BCUT2D eigenvalue weighted by atomic mass is 10.1. The Morgan fingerprint density at radius 2 is 1.94 bits per heavy atom. The van der Waals surface area contributed by atoms with E-state index in [4.69, 9.17) is 23.2 Å². The SMILES string of the molecule is O=c1[nH]c(-c2ccc(Cl)cc2)c(CCCl)s1. The largest absolute Gasteiger partial charge is 0.312 e. The summed E-state index contributed by atoms with van der Waals surface area (Å²) in [6.07, 6.45) is 0.697. The first-order valence-corrected chi connectivity index (χ1v) is 6.47. The Balaban J connectivity index is 2.46. The molecule has 0 aliphatic carbocycles. The molecule has 0 unspecified atom stereocenters. The molecule has 0 saturated carbocycles. The maximum atomic E-state index is 11.3. The summed E-state index contributed by atoms with van der Waals surface area (Å²) in [5, 5.41) is 0.681. The van der Waals surface area contributed by atoms with Gasteiger partial charge in [-0.2, -0.15) is 0 Å². The third-order valence-electron chi connectivity index (χ3n) is 2.18. The molecule has 0 radical (unpaired) electrons. The minimum Gasteiger partial charge on any atom is -0.312 e. The minimum absolute atomic E-state index is 0.0509. The Morgan fingerprint density at radius 1 is 1.25 bits per heavy atom. The summed E-state index contributed by atoms with van der Waals surface area (Å²) in [5.41, 5.74) is 1.81. The van der Waals surface area contributed by atoms with Crippen molar-refractivity contribution in [1.82, 2.24) is 4.98 Å². The first kappa shape index (κ1) is 11.7. The van der Waals surface area contributed by atoms with Crippen molar-refractivity contribution in [2.45, 2.75) is 6.42 Å². The number of aromatic amines is 1. The van der Waals surface area contributed by atoms with E-state index in [1.54, 1.807) is 12.1 Å². The van der Waals surface area contributed by atoms with Gasteiger partial charge in [0.2, 0.25) is 0 Å². The van der Waals surface area contributed by atoms with Crippen molar-refractivity contribution >= 4 is 34.5 Å². The number of nitrogens with one attached hydrogen (secondary N) is 1. The molecule has 2 rings (SSSR count). The molecule has 5 heteroatoms. The van der Waals surface area contributed by atoms with Crippen molar-refractivity contribution in [2.24, 2.45) is 0 Å². The van der Waals surface area contributed by atoms with Crippen molar-refractivity contribution < 1.29 is 0 Å². The van der Waals surface area contributed by atoms with E-state index in [1.807, 2.05) is 12.1 Å². The molecular weight excluding hydrogens is 265 g/mol. The van der Waals surface area contributed by atoms with Crippen molar-refractivity contribution in [3.8, 4) is 11.3 Å². The Morgan fingerprint density at radius 3 is 2.56 bits per heavy atom. The molecular formula is C11H9Cl2NOS. The summed E-state index contributed by atoms with van der Waals surface area (Å²) in [6.45, 7) is 0. The first-order valence-electron chi connectivity index (χ1n) is 4.74. The number of benzene rings is 1. The predicted molar refractivity (Wildman–Crippen MR) is 69.8 cm³/mol. The van der Waals surface area contributed by atoms with E-state index in [1.165, 1.54) is 11.3 Å². The highest BCUT2D eigenvalue weighted by Gasteiger charge is 2.09. The number of hydrogen-bond donors (Lipinski definition) is 1. The normalized spacial score (nSPS) is 10.6. The van der Waals surface area contributed by atoms with E-state index >= 15 is 0 Å². The molecule has 16 heavy (non-hydrogen) atoms. The fourth-order valence-electron chi connectivity index (χ4n) is 1.47. The van der Waals surface area contributed by atoms with Crippen molar-refractivity contribution in [3.05, 3.63) is 43.8 Å². The Kier molecular flexibility index (Phi) is 3.69. The zero-order valence-electron chi connectivity index (χ0n) is 8.30. The van der Waals surface area contributed by atoms with Crippen LogP contribution in [-0.4, -0.2) is 10.9 Å². The topological polar surface area (TPSA) is 32.9 Å². The van der Waals surface area contributed by atoms with Crippen LogP contribution in [0.15, 0.2) is 29.1 Å². The number of aryl methyl sites for hydroxylation is 1. The molecule has 2 aromatic rings. The fraction of sp³-hybridized carbons (Fsp3) is 0.182. The molecule has 0 amide bonds. The number of H-pyrrole nitrogens is 1. The highest BCUT2D eigenvalue weighted by molar-refractivity contribution is 7.09. The molecule has 0 spiro atoms. The van der Waals surface area contributed by atoms with Crippen LogP contribution in [0.5, 0.6) is 0 Å². The molecule has 84 valence electrons. The second kappa shape index (κ2) is 5.04. The van der Waals surface area contributed by atoms with E-state index in [0.29, 0.717) is 17.3 Å². The number of rotatable bonds is 3. The van der Waals surface area contributed by atoms with Crippen LogP contribution >= 0.6 is 34.5 Å². The first-order chi connectivity index (χ1) is 7.70. The van der Waals surface area contributed by atoms with Gasteiger partial charge in [0, 0.05) is 15.8 Å². The lowest BCUT2D eigenvalue weighted by Gasteiger charge is -2.01. The fourth-order valence-corrected chi connectivity index (χ4v) is 2.75. The van der Waals surface area contributed by atoms with Gasteiger partial charge in [-0.25, -0.2) is 0 Å². The van der Waals surface area contributed by atoms with Crippen molar-refractivity contribution in [2.75, 3.05) is 5.88 Å². The van der Waals surface area contributed by atoms with Crippen LogP contribution in [0.3, 0.4) is 0 Å². The summed E-state index contributed by atoms with van der Waals surface area (Å²) in [5.74, 6) is 0.508. The number of aromatic nitrogens is 1. The van der Waals surface area contributed by atoms with Crippen LogP contribution in [0.4, 0.5) is 0 Å². The maximum absolute atomic E-state index is 11.3. The summed E-state index contributed by atoms with van der Waals surface area (Å²) in [6, 6.07) is 7.38. The zero-order chi connectivity index (χ0) is 11.5. The molecule has 1 aromatic carbocycles. The van der Waals surface area contributed by atoms with Gasteiger partial charge in [0.1, 0.15) is 0 Å². The Bertz CT molecular complexity index is 530. The molecule has 1 heterocycles. The third-order valence-corrected chi connectivity index (χ3v) is 3.56. The van der Waals surface area contributed by atoms with Crippen LogP contribution in [0.1, 0.15) is 4.88 Å². The number of hydrogen-bond acceptors (Lipinski definition) is 2. The average Bonchev–Trinajstić information content (AvgIpc) is 2.61. The van der Waals surface area contributed by atoms with Crippen LogP contribution in [0, 0.1) is 0 Å². The molecule has 0 aliphatic heterocycles. The highest BCUT2D eigenvalue weighted by Crippen LogP contribution is 2.25. The predicted octanol–water partition coefficient (Wildman–Crippen LogP) is 3.54. The number of halogens is 2. The van der Waals surface area contributed by atoms with Gasteiger partial charge >= 0.3 is 4.87 Å². The van der Waals surface area contributed by atoms with E-state index < -0.39 is 0 Å². The quantitative estimate of drug-likeness (QED) is 0.853. The monoisotopic (exact) mass is 273 g/mol. The van der Waals surface area contributed by atoms with Crippen LogP contribution < -0.4 is 4.87 Å². The Labute approximate surface area is 107 Å². The molecule has 0 fully saturated rings. The molecule has 1 aromatic heterocycles. The van der Waals surface area contributed by atoms with Gasteiger partial charge in [-0.1, -0.05) is 35.1 Å². The van der Waals surface area contributed by atoms with Gasteiger partial charge in [0.05, 0.1) is 5.69 Å². The van der Waals surface area contributed by atoms with Crippen molar-refractivity contribution in [3.63, 3.8) is 0 Å². The average molecular weight is 274 g/mol. The smallest absolute Gasteiger partial charge is 0.305 e. The standard InChI is InChI=1S/C11H9Cl2NOS/c12-6-5-9-10(14-11(15)16-9)7-1-3-8(13)4-2-7/h1-4H,5-6H2,(H,14,15). The van der Waals surface area contributed by atoms with Gasteiger partial charge in [0.15, 0.2) is 0 Å². The molecule has 0 saturated heterocycles. The van der Waals surface area contributed by atoms with E-state index in [0.717, 1.165) is 16.1 Å². The van der Waals surface area contributed by atoms with Crippen LogP contribution in [0.2, 0.25) is 5.02 Å². The number of alkyl halides is 1. The van der Waals surface area contributed by atoms with Gasteiger partial charge in [-0.3, -0.25) is 4.79 Å². The van der Waals surface area contributed by atoms with Crippen molar-refractivity contribution in [1.29, 1.82) is 0 Å². The maximum Gasteiger partial charge on any atom is 0.305 e. The minimum atomic E-state index is -0.0509. The number of thiazole rings is 1.